The maximum Gasteiger partial charge on any atom is 0.123 e. The fourth-order valence-electron chi connectivity index (χ4n) is 0.916. The largest absolute Gasteiger partial charge is 0.464 e. The minimum atomic E-state index is -0.311. The van der Waals surface area contributed by atoms with Crippen LogP contribution in [0, 0.1) is 6.92 Å². The smallest absolute Gasteiger partial charge is 0.123 e. The summed E-state index contributed by atoms with van der Waals surface area (Å²) in [7, 11) is 0. The van der Waals surface area contributed by atoms with Crippen molar-refractivity contribution in [1.29, 1.82) is 0 Å². The molecule has 1 aromatic rings. The highest BCUT2D eigenvalue weighted by Crippen LogP contribution is 2.22. The Labute approximate surface area is 67.4 Å². The van der Waals surface area contributed by atoms with Crippen LogP contribution < -0.4 is 5.73 Å². The molecule has 1 atom stereocenters. The van der Waals surface area contributed by atoms with Crippen molar-refractivity contribution in [2.75, 3.05) is 0 Å². The SMILES string of the molecule is CC[C@@](C)(N)c1ccc(C)o1. The van der Waals surface area contributed by atoms with Gasteiger partial charge in [0.15, 0.2) is 0 Å². The number of furan rings is 1. The van der Waals surface area contributed by atoms with E-state index in [1.807, 2.05) is 26.0 Å². The van der Waals surface area contributed by atoms with Crippen LogP contribution in [-0.4, -0.2) is 0 Å². The second kappa shape index (κ2) is 2.70. The molecule has 0 amide bonds. The summed E-state index contributed by atoms with van der Waals surface area (Å²) in [6, 6.07) is 3.88. The first-order valence-electron chi connectivity index (χ1n) is 3.92. The number of hydrogen-bond donors (Lipinski definition) is 1. The quantitative estimate of drug-likeness (QED) is 0.707. The van der Waals surface area contributed by atoms with Crippen LogP contribution in [0.2, 0.25) is 0 Å². The Kier molecular flexibility index (Phi) is 2.05. The van der Waals surface area contributed by atoms with Crippen molar-refractivity contribution in [2.24, 2.45) is 5.73 Å². The van der Waals surface area contributed by atoms with Crippen molar-refractivity contribution in [2.45, 2.75) is 32.7 Å². The summed E-state index contributed by atoms with van der Waals surface area (Å²) >= 11 is 0. The molecule has 0 saturated carbocycles. The van der Waals surface area contributed by atoms with E-state index in [-0.39, 0.29) is 5.54 Å². The van der Waals surface area contributed by atoms with Gasteiger partial charge >= 0.3 is 0 Å². The Hall–Kier alpha value is -0.760. The average molecular weight is 153 g/mol. The standard InChI is InChI=1S/C9H15NO/c1-4-9(3,10)8-6-5-7(2)11-8/h5-6H,4,10H2,1-3H3/t9-/m1/s1. The number of hydrogen-bond acceptors (Lipinski definition) is 2. The Morgan fingerprint density at radius 3 is 2.55 bits per heavy atom. The third-order valence-corrected chi connectivity index (χ3v) is 2.04. The van der Waals surface area contributed by atoms with Crippen LogP contribution in [0.15, 0.2) is 16.5 Å². The summed E-state index contributed by atoms with van der Waals surface area (Å²) in [4.78, 5) is 0. The van der Waals surface area contributed by atoms with Crippen LogP contribution in [0.4, 0.5) is 0 Å². The molecule has 1 rings (SSSR count). The molecule has 0 saturated heterocycles. The molecule has 1 heterocycles. The summed E-state index contributed by atoms with van der Waals surface area (Å²) in [6.45, 7) is 5.96. The van der Waals surface area contributed by atoms with Gasteiger partial charge in [0, 0.05) is 0 Å². The van der Waals surface area contributed by atoms with Crippen molar-refractivity contribution in [3.8, 4) is 0 Å². The maximum absolute atomic E-state index is 5.96. The first-order chi connectivity index (χ1) is 5.06. The summed E-state index contributed by atoms with van der Waals surface area (Å²) in [5.74, 6) is 1.79. The zero-order valence-corrected chi connectivity index (χ0v) is 7.35. The first-order valence-corrected chi connectivity index (χ1v) is 3.92. The third kappa shape index (κ3) is 1.63. The summed E-state index contributed by atoms with van der Waals surface area (Å²) < 4.78 is 5.41. The van der Waals surface area contributed by atoms with E-state index in [1.54, 1.807) is 0 Å². The Morgan fingerprint density at radius 1 is 1.55 bits per heavy atom. The van der Waals surface area contributed by atoms with Gasteiger partial charge in [0.25, 0.3) is 0 Å². The van der Waals surface area contributed by atoms with Gasteiger partial charge in [-0.3, -0.25) is 0 Å². The predicted molar refractivity (Wildman–Crippen MR) is 45.3 cm³/mol. The third-order valence-electron chi connectivity index (χ3n) is 2.04. The molecule has 0 unspecified atom stereocenters. The zero-order chi connectivity index (χ0) is 8.48. The molecule has 2 N–H and O–H groups in total. The van der Waals surface area contributed by atoms with Gasteiger partial charge in [-0.2, -0.15) is 0 Å². The van der Waals surface area contributed by atoms with Gasteiger partial charge in [0.05, 0.1) is 5.54 Å². The van der Waals surface area contributed by atoms with E-state index in [4.69, 9.17) is 10.2 Å². The highest BCUT2D eigenvalue weighted by molar-refractivity contribution is 5.13. The highest BCUT2D eigenvalue weighted by atomic mass is 16.3. The molecule has 2 nitrogen and oxygen atoms in total. The van der Waals surface area contributed by atoms with E-state index in [9.17, 15) is 0 Å². The van der Waals surface area contributed by atoms with E-state index < -0.39 is 0 Å². The van der Waals surface area contributed by atoms with Crippen molar-refractivity contribution in [3.63, 3.8) is 0 Å². The highest BCUT2D eigenvalue weighted by Gasteiger charge is 2.21. The molecular formula is C9H15NO. The molecule has 0 aliphatic heterocycles. The molecule has 0 aliphatic carbocycles. The van der Waals surface area contributed by atoms with Gasteiger partial charge in [-0.1, -0.05) is 6.92 Å². The maximum atomic E-state index is 5.96. The van der Waals surface area contributed by atoms with Crippen LogP contribution in [-0.2, 0) is 5.54 Å². The molecular weight excluding hydrogens is 138 g/mol. The van der Waals surface area contributed by atoms with E-state index in [0.29, 0.717) is 0 Å². The summed E-state index contributed by atoms with van der Waals surface area (Å²) in [5.41, 5.74) is 5.65. The van der Waals surface area contributed by atoms with Crippen molar-refractivity contribution < 1.29 is 4.42 Å². The summed E-state index contributed by atoms with van der Waals surface area (Å²) in [6.07, 6.45) is 0.889. The van der Waals surface area contributed by atoms with Crippen molar-refractivity contribution in [1.82, 2.24) is 0 Å². The number of aryl methyl sites for hydroxylation is 1. The summed E-state index contributed by atoms with van der Waals surface area (Å²) in [5, 5.41) is 0. The second-order valence-electron chi connectivity index (χ2n) is 3.18. The molecule has 0 radical (unpaired) electrons. The van der Waals surface area contributed by atoms with Crippen LogP contribution in [0.1, 0.15) is 31.8 Å². The fraction of sp³-hybridized carbons (Fsp3) is 0.556. The monoisotopic (exact) mass is 153 g/mol. The number of nitrogens with two attached hydrogens (primary N) is 1. The number of rotatable bonds is 2. The minimum Gasteiger partial charge on any atom is -0.464 e. The van der Waals surface area contributed by atoms with Gasteiger partial charge in [-0.25, -0.2) is 0 Å². The Bertz CT molecular complexity index is 237. The Balaban J connectivity index is 2.92. The average Bonchev–Trinajstić information content (AvgIpc) is 2.36. The van der Waals surface area contributed by atoms with Crippen LogP contribution in [0.3, 0.4) is 0 Å². The van der Waals surface area contributed by atoms with Gasteiger partial charge in [-0.15, -0.1) is 0 Å². The molecule has 0 aromatic carbocycles. The van der Waals surface area contributed by atoms with Crippen LogP contribution in [0.25, 0.3) is 0 Å². The van der Waals surface area contributed by atoms with Crippen molar-refractivity contribution in [3.05, 3.63) is 23.7 Å². The van der Waals surface area contributed by atoms with E-state index in [0.717, 1.165) is 17.9 Å². The van der Waals surface area contributed by atoms with Crippen molar-refractivity contribution >= 4 is 0 Å². The lowest BCUT2D eigenvalue weighted by molar-refractivity contribution is 0.350. The van der Waals surface area contributed by atoms with E-state index in [1.165, 1.54) is 0 Å². The molecule has 0 spiro atoms. The van der Waals surface area contributed by atoms with E-state index in [2.05, 4.69) is 6.92 Å². The molecule has 0 aliphatic rings. The van der Waals surface area contributed by atoms with Crippen LogP contribution in [0.5, 0.6) is 0 Å². The molecule has 0 bridgehead atoms. The predicted octanol–water partition coefficient (Wildman–Crippen LogP) is 2.17. The van der Waals surface area contributed by atoms with Crippen LogP contribution >= 0.6 is 0 Å². The molecule has 2 heteroatoms. The van der Waals surface area contributed by atoms with Gasteiger partial charge < -0.3 is 10.2 Å². The molecule has 62 valence electrons. The van der Waals surface area contributed by atoms with Gasteiger partial charge in [0.2, 0.25) is 0 Å². The zero-order valence-electron chi connectivity index (χ0n) is 7.35. The normalized spacial score (nSPS) is 16.4. The second-order valence-corrected chi connectivity index (χ2v) is 3.18. The minimum absolute atomic E-state index is 0.311. The first kappa shape index (κ1) is 8.34. The lowest BCUT2D eigenvalue weighted by Gasteiger charge is -2.19. The van der Waals surface area contributed by atoms with Gasteiger partial charge in [0.1, 0.15) is 11.5 Å². The van der Waals surface area contributed by atoms with E-state index >= 15 is 0 Å². The molecule has 1 aromatic heterocycles. The molecule has 0 fully saturated rings. The lowest BCUT2D eigenvalue weighted by Crippen LogP contribution is -2.31. The topological polar surface area (TPSA) is 39.2 Å². The Morgan fingerprint density at radius 2 is 2.18 bits per heavy atom. The fourth-order valence-corrected chi connectivity index (χ4v) is 0.916. The van der Waals surface area contributed by atoms with Gasteiger partial charge in [-0.05, 0) is 32.4 Å². The lowest BCUT2D eigenvalue weighted by atomic mass is 9.98. The molecule has 11 heavy (non-hydrogen) atoms.